The first kappa shape index (κ1) is 29.4. The van der Waals surface area contributed by atoms with Gasteiger partial charge in [0, 0.05) is 43.8 Å². The Kier molecular flexibility index (Phi) is 10.7. The molecule has 1 aromatic heterocycles. The molecule has 0 aliphatic carbocycles. The van der Waals surface area contributed by atoms with Gasteiger partial charge in [-0.25, -0.2) is 0 Å². The van der Waals surface area contributed by atoms with E-state index in [4.69, 9.17) is 18.9 Å². The molecule has 0 N–H and O–H groups in total. The van der Waals surface area contributed by atoms with Crippen LogP contribution in [-0.2, 0) is 35.8 Å². The summed E-state index contributed by atoms with van der Waals surface area (Å²) in [5.41, 5.74) is 6.85. The zero-order valence-electron chi connectivity index (χ0n) is 24.7. The fourth-order valence-electron chi connectivity index (χ4n) is 5.26. The highest BCUT2D eigenvalue weighted by molar-refractivity contribution is 5.52. The summed E-state index contributed by atoms with van der Waals surface area (Å²) in [7, 11) is 3.38. The minimum atomic E-state index is 0.424. The molecule has 220 valence electrons. The normalized spacial score (nSPS) is 12.9. The molecule has 42 heavy (non-hydrogen) atoms. The second-order valence-electron chi connectivity index (χ2n) is 10.5. The van der Waals surface area contributed by atoms with Crippen LogP contribution in [0.15, 0.2) is 91.1 Å². The van der Waals surface area contributed by atoms with Crippen LogP contribution < -0.4 is 19.3 Å². The van der Waals surface area contributed by atoms with Gasteiger partial charge in [-0.1, -0.05) is 36.4 Å². The lowest BCUT2D eigenvalue weighted by atomic mass is 10.1. The Morgan fingerprint density at radius 3 is 2.02 bits per heavy atom. The molecule has 0 bridgehead atoms. The van der Waals surface area contributed by atoms with Crippen LogP contribution in [0.25, 0.3) is 0 Å². The Morgan fingerprint density at radius 2 is 1.31 bits per heavy atom. The molecule has 0 unspecified atom stereocenters. The third-order valence-corrected chi connectivity index (χ3v) is 7.45. The van der Waals surface area contributed by atoms with Crippen molar-refractivity contribution in [3.63, 3.8) is 0 Å². The van der Waals surface area contributed by atoms with Crippen molar-refractivity contribution in [1.29, 1.82) is 0 Å². The number of nitrogens with zero attached hydrogens (tertiary/aromatic N) is 3. The molecular formula is C35H41N3O4. The van der Waals surface area contributed by atoms with Gasteiger partial charge >= 0.3 is 0 Å². The van der Waals surface area contributed by atoms with Crippen molar-refractivity contribution in [1.82, 2.24) is 4.98 Å². The van der Waals surface area contributed by atoms with E-state index < -0.39 is 0 Å². The van der Waals surface area contributed by atoms with Crippen LogP contribution in [0.1, 0.15) is 35.2 Å². The number of anilines is 2. The molecule has 1 fully saturated rings. The minimum Gasteiger partial charge on any atom is -0.497 e. The van der Waals surface area contributed by atoms with E-state index in [0.29, 0.717) is 26.4 Å². The van der Waals surface area contributed by atoms with Gasteiger partial charge in [0.1, 0.15) is 11.5 Å². The number of aromatic nitrogens is 1. The van der Waals surface area contributed by atoms with E-state index in [1.54, 1.807) is 14.2 Å². The Morgan fingerprint density at radius 1 is 0.690 bits per heavy atom. The topological polar surface area (TPSA) is 56.3 Å². The third-order valence-electron chi connectivity index (χ3n) is 7.45. The molecule has 3 aromatic carbocycles. The van der Waals surface area contributed by atoms with E-state index in [1.807, 2.05) is 42.6 Å². The highest BCUT2D eigenvalue weighted by atomic mass is 16.5. The number of pyridine rings is 1. The Balaban J connectivity index is 1.22. The highest BCUT2D eigenvalue weighted by Gasteiger charge is 2.15. The predicted molar refractivity (Wildman–Crippen MR) is 167 cm³/mol. The molecule has 2 heterocycles. The maximum absolute atomic E-state index is 5.92. The maximum Gasteiger partial charge on any atom is 0.119 e. The predicted octanol–water partition coefficient (Wildman–Crippen LogP) is 6.64. The molecule has 0 amide bonds. The van der Waals surface area contributed by atoms with Crippen molar-refractivity contribution < 1.29 is 18.9 Å². The van der Waals surface area contributed by atoms with Gasteiger partial charge in [-0.15, -0.1) is 0 Å². The van der Waals surface area contributed by atoms with E-state index in [9.17, 15) is 0 Å². The number of ether oxygens (including phenoxy) is 4. The quantitative estimate of drug-likeness (QED) is 0.149. The molecule has 4 aromatic rings. The summed E-state index contributed by atoms with van der Waals surface area (Å²) in [6.45, 7) is 5.74. The molecule has 1 aliphatic heterocycles. The Hall–Kier alpha value is -4.07. The lowest BCUT2D eigenvalue weighted by Gasteiger charge is -2.27. The number of rotatable bonds is 15. The molecule has 0 spiro atoms. The van der Waals surface area contributed by atoms with Crippen LogP contribution in [-0.4, -0.2) is 45.5 Å². The van der Waals surface area contributed by atoms with Crippen LogP contribution in [0.3, 0.4) is 0 Å². The van der Waals surface area contributed by atoms with Crippen molar-refractivity contribution in [2.75, 3.05) is 50.3 Å². The second-order valence-corrected chi connectivity index (χ2v) is 10.5. The summed E-state index contributed by atoms with van der Waals surface area (Å²) in [5, 5.41) is 0. The summed E-state index contributed by atoms with van der Waals surface area (Å²) in [5.74, 6) is 1.69. The lowest BCUT2D eigenvalue weighted by molar-refractivity contribution is 0.0328. The van der Waals surface area contributed by atoms with Gasteiger partial charge in [0.05, 0.1) is 46.3 Å². The van der Waals surface area contributed by atoms with Gasteiger partial charge in [0.25, 0.3) is 0 Å². The molecule has 1 saturated heterocycles. The number of benzene rings is 3. The molecule has 7 heteroatoms. The van der Waals surface area contributed by atoms with E-state index in [1.165, 1.54) is 29.7 Å². The summed E-state index contributed by atoms with van der Waals surface area (Å²) < 4.78 is 22.5. The Labute approximate surface area is 249 Å². The molecule has 0 saturated carbocycles. The van der Waals surface area contributed by atoms with Crippen LogP contribution in [0.5, 0.6) is 11.5 Å². The van der Waals surface area contributed by atoms with Gasteiger partial charge < -0.3 is 28.7 Å². The molecule has 0 atom stereocenters. The molecule has 1 aliphatic rings. The fourth-order valence-corrected chi connectivity index (χ4v) is 5.26. The summed E-state index contributed by atoms with van der Waals surface area (Å²) in [6, 6.07) is 29.3. The monoisotopic (exact) mass is 567 g/mol. The summed E-state index contributed by atoms with van der Waals surface area (Å²) in [6.07, 6.45) is 4.40. The first-order valence-electron chi connectivity index (χ1n) is 14.7. The number of hydrogen-bond acceptors (Lipinski definition) is 7. The lowest BCUT2D eigenvalue weighted by Crippen LogP contribution is -2.23. The molecule has 5 rings (SSSR count). The molecule has 7 nitrogen and oxygen atoms in total. The van der Waals surface area contributed by atoms with Crippen LogP contribution in [0.2, 0.25) is 0 Å². The number of hydrogen-bond donors (Lipinski definition) is 0. The van der Waals surface area contributed by atoms with Gasteiger partial charge in [-0.05, 0) is 78.1 Å². The maximum atomic E-state index is 5.92. The molecule has 0 radical (unpaired) electrons. The van der Waals surface area contributed by atoms with Crippen LogP contribution in [0.4, 0.5) is 11.4 Å². The first-order chi connectivity index (χ1) is 20.7. The second kappa shape index (κ2) is 15.2. The van der Waals surface area contributed by atoms with Crippen molar-refractivity contribution in [3.05, 3.63) is 114 Å². The summed E-state index contributed by atoms with van der Waals surface area (Å²) in [4.78, 5) is 9.45. The smallest absolute Gasteiger partial charge is 0.119 e. The van der Waals surface area contributed by atoms with Crippen LogP contribution in [0, 0.1) is 0 Å². The van der Waals surface area contributed by atoms with Crippen molar-refractivity contribution in [2.45, 2.75) is 39.1 Å². The minimum absolute atomic E-state index is 0.424. The summed E-state index contributed by atoms with van der Waals surface area (Å²) >= 11 is 0. The largest absolute Gasteiger partial charge is 0.497 e. The van der Waals surface area contributed by atoms with Crippen molar-refractivity contribution >= 4 is 11.4 Å². The highest BCUT2D eigenvalue weighted by Crippen LogP contribution is 2.26. The van der Waals surface area contributed by atoms with Crippen molar-refractivity contribution in [3.8, 4) is 11.5 Å². The Bertz CT molecular complexity index is 1410. The van der Waals surface area contributed by atoms with Gasteiger partial charge in [-0.2, -0.15) is 0 Å². The zero-order valence-corrected chi connectivity index (χ0v) is 24.7. The van der Waals surface area contributed by atoms with Gasteiger partial charge in [0.2, 0.25) is 0 Å². The zero-order chi connectivity index (χ0) is 29.0. The van der Waals surface area contributed by atoms with Crippen molar-refractivity contribution in [2.24, 2.45) is 0 Å². The van der Waals surface area contributed by atoms with Gasteiger partial charge in [0.15, 0.2) is 0 Å². The standard InChI is InChI=1S/C35H41N3O4/c1-39-34-12-6-9-29(21-34)25-38(24-28-8-5-11-32(20-28)37-16-3-4-17-37)33-14-15-36-31(23-33)27-42-19-18-41-26-30-10-7-13-35(22-30)40-2/h5-15,20-23H,3-4,16-19,24-27H2,1-2H3. The fraction of sp³-hybridized carbons (Fsp3) is 0.343. The van der Waals surface area contributed by atoms with E-state index in [2.05, 4.69) is 63.3 Å². The van der Waals surface area contributed by atoms with Crippen LogP contribution >= 0.6 is 0 Å². The molecular weight excluding hydrogens is 526 g/mol. The average Bonchev–Trinajstić information content (AvgIpc) is 3.58. The SMILES string of the molecule is COc1cccc(COCCOCc2cc(N(Cc3cccc(OC)c3)Cc3cccc(N4CCCC4)c3)ccn2)c1. The van der Waals surface area contributed by atoms with E-state index >= 15 is 0 Å². The van der Waals surface area contributed by atoms with E-state index in [-0.39, 0.29) is 0 Å². The van der Waals surface area contributed by atoms with E-state index in [0.717, 1.165) is 54.6 Å². The van der Waals surface area contributed by atoms with Gasteiger partial charge in [-0.3, -0.25) is 4.98 Å². The number of methoxy groups -OCH3 is 2. The average molecular weight is 568 g/mol. The third kappa shape index (κ3) is 8.47. The first-order valence-corrected chi connectivity index (χ1v) is 14.7.